The third-order valence-electron chi connectivity index (χ3n) is 2.21. The van der Waals surface area contributed by atoms with Gasteiger partial charge in [-0.15, -0.1) is 6.58 Å². The average Bonchev–Trinajstić information content (AvgIpc) is 2.42. The predicted octanol–water partition coefficient (Wildman–Crippen LogP) is 0.868. The van der Waals surface area contributed by atoms with E-state index in [9.17, 15) is 4.79 Å². The zero-order valence-corrected chi connectivity index (χ0v) is 10.3. The van der Waals surface area contributed by atoms with Crippen molar-refractivity contribution in [1.29, 1.82) is 0 Å². The van der Waals surface area contributed by atoms with Gasteiger partial charge >= 0.3 is 0 Å². The van der Waals surface area contributed by atoms with Crippen LogP contribution in [-0.4, -0.2) is 31.3 Å². The summed E-state index contributed by atoms with van der Waals surface area (Å²) in [7, 11) is 1.51. The lowest BCUT2D eigenvalue weighted by Crippen LogP contribution is -2.28. The zero-order valence-electron chi connectivity index (χ0n) is 10.3. The number of benzene rings is 1. The van der Waals surface area contributed by atoms with Gasteiger partial charge in [-0.25, -0.2) is 0 Å². The molecule has 1 aromatic rings. The normalized spacial score (nSPS) is 9.67. The average molecular weight is 251 g/mol. The van der Waals surface area contributed by atoms with Crippen LogP contribution in [0.1, 0.15) is 5.56 Å². The Morgan fingerprint density at radius 3 is 2.89 bits per heavy atom. The summed E-state index contributed by atoms with van der Waals surface area (Å²) in [4.78, 5) is 11.4. The number of nitrogens with one attached hydrogen (secondary N) is 1. The Morgan fingerprint density at radius 2 is 2.28 bits per heavy atom. The van der Waals surface area contributed by atoms with Gasteiger partial charge in [0.05, 0.1) is 13.7 Å². The van der Waals surface area contributed by atoms with Crippen molar-refractivity contribution in [2.75, 3.05) is 20.3 Å². The Balaban J connectivity index is 2.64. The summed E-state index contributed by atoms with van der Waals surface area (Å²) in [5.74, 6) is 0.702. The fourth-order valence-electron chi connectivity index (χ4n) is 1.31. The van der Waals surface area contributed by atoms with Crippen LogP contribution in [0.4, 0.5) is 0 Å². The lowest BCUT2D eigenvalue weighted by molar-refractivity contribution is -0.122. The number of carbonyl (C=O) groups is 1. The topological polar surface area (TPSA) is 67.8 Å². The number of methoxy groups -OCH3 is 1. The Hall–Kier alpha value is -2.01. The van der Waals surface area contributed by atoms with Crippen molar-refractivity contribution >= 4 is 5.91 Å². The summed E-state index contributed by atoms with van der Waals surface area (Å²) in [5, 5.41) is 11.6. The van der Waals surface area contributed by atoms with Crippen molar-refractivity contribution in [2.45, 2.75) is 6.61 Å². The van der Waals surface area contributed by atoms with E-state index in [0.717, 1.165) is 0 Å². The lowest BCUT2D eigenvalue weighted by atomic mass is 10.2. The number of carbonyl (C=O) groups excluding carboxylic acids is 1. The summed E-state index contributed by atoms with van der Waals surface area (Å²) < 4.78 is 10.5. The van der Waals surface area contributed by atoms with Crippen LogP contribution in [0.2, 0.25) is 0 Å². The SMILES string of the molecule is C=CCNC(=O)COc1cc(CO)ccc1OC. The van der Waals surface area contributed by atoms with E-state index in [1.54, 1.807) is 24.3 Å². The van der Waals surface area contributed by atoms with Gasteiger partial charge in [-0.2, -0.15) is 0 Å². The van der Waals surface area contributed by atoms with Crippen LogP contribution < -0.4 is 14.8 Å². The van der Waals surface area contributed by atoms with E-state index in [1.807, 2.05) is 0 Å². The molecular formula is C13H17NO4. The molecule has 1 aromatic carbocycles. The zero-order chi connectivity index (χ0) is 13.4. The monoisotopic (exact) mass is 251 g/mol. The van der Waals surface area contributed by atoms with Crippen molar-refractivity contribution < 1.29 is 19.4 Å². The van der Waals surface area contributed by atoms with Crippen LogP contribution >= 0.6 is 0 Å². The predicted molar refractivity (Wildman–Crippen MR) is 67.6 cm³/mol. The molecule has 0 bridgehead atoms. The van der Waals surface area contributed by atoms with Crippen LogP contribution in [0.5, 0.6) is 11.5 Å². The smallest absolute Gasteiger partial charge is 0.258 e. The van der Waals surface area contributed by atoms with Gasteiger partial charge in [0.15, 0.2) is 18.1 Å². The third-order valence-corrected chi connectivity index (χ3v) is 2.21. The van der Waals surface area contributed by atoms with Crippen molar-refractivity contribution in [3.8, 4) is 11.5 Å². The van der Waals surface area contributed by atoms with Gasteiger partial charge in [0.1, 0.15) is 0 Å². The molecule has 0 heterocycles. The third kappa shape index (κ3) is 4.10. The summed E-state index contributed by atoms with van der Waals surface area (Å²) in [6, 6.07) is 5.05. The minimum absolute atomic E-state index is 0.0942. The van der Waals surface area contributed by atoms with E-state index < -0.39 is 0 Å². The van der Waals surface area contributed by atoms with E-state index >= 15 is 0 Å². The number of aliphatic hydroxyl groups excluding tert-OH is 1. The molecule has 18 heavy (non-hydrogen) atoms. The van der Waals surface area contributed by atoms with Gasteiger partial charge in [-0.3, -0.25) is 4.79 Å². The first-order valence-corrected chi connectivity index (χ1v) is 5.49. The molecule has 5 heteroatoms. The summed E-state index contributed by atoms with van der Waals surface area (Å²) in [6.45, 7) is 3.69. The number of rotatable bonds is 7. The number of hydrogen-bond acceptors (Lipinski definition) is 4. The van der Waals surface area contributed by atoms with E-state index in [1.165, 1.54) is 7.11 Å². The second kappa shape index (κ2) is 7.34. The van der Waals surface area contributed by atoms with E-state index in [4.69, 9.17) is 14.6 Å². The van der Waals surface area contributed by atoms with Gasteiger partial charge in [-0.1, -0.05) is 12.1 Å². The molecule has 5 nitrogen and oxygen atoms in total. The maximum Gasteiger partial charge on any atom is 0.258 e. The first-order valence-electron chi connectivity index (χ1n) is 5.49. The summed E-state index contributed by atoms with van der Waals surface area (Å²) in [6.07, 6.45) is 1.59. The fourth-order valence-corrected chi connectivity index (χ4v) is 1.31. The molecule has 1 rings (SSSR count). The maximum atomic E-state index is 11.4. The number of aliphatic hydroxyl groups is 1. The summed E-state index contributed by atoms with van der Waals surface area (Å²) in [5.41, 5.74) is 0.692. The number of ether oxygens (including phenoxy) is 2. The Kier molecular flexibility index (Phi) is 5.73. The van der Waals surface area contributed by atoms with Crippen LogP contribution in [0.3, 0.4) is 0 Å². The highest BCUT2D eigenvalue weighted by Crippen LogP contribution is 2.27. The molecule has 0 aliphatic carbocycles. The Labute approximate surface area is 106 Å². The minimum atomic E-state index is -0.244. The van der Waals surface area contributed by atoms with E-state index in [0.29, 0.717) is 23.6 Å². The van der Waals surface area contributed by atoms with Crippen LogP contribution in [0.15, 0.2) is 30.9 Å². The molecule has 0 saturated carbocycles. The molecule has 0 aromatic heterocycles. The van der Waals surface area contributed by atoms with Gasteiger partial charge < -0.3 is 19.9 Å². The molecule has 0 spiro atoms. The molecule has 0 radical (unpaired) electrons. The van der Waals surface area contributed by atoms with E-state index in [2.05, 4.69) is 11.9 Å². The highest BCUT2D eigenvalue weighted by Gasteiger charge is 2.08. The lowest BCUT2D eigenvalue weighted by Gasteiger charge is -2.11. The Bertz CT molecular complexity index is 417. The molecule has 0 unspecified atom stereocenters. The van der Waals surface area contributed by atoms with Crippen LogP contribution in [-0.2, 0) is 11.4 Å². The maximum absolute atomic E-state index is 11.4. The van der Waals surface area contributed by atoms with Crippen LogP contribution in [0, 0.1) is 0 Å². The standard InChI is InChI=1S/C13H17NO4/c1-3-6-14-13(16)9-18-12-7-10(8-15)4-5-11(12)17-2/h3-5,7,15H,1,6,8-9H2,2H3,(H,14,16). The van der Waals surface area contributed by atoms with Crippen molar-refractivity contribution in [2.24, 2.45) is 0 Å². The molecule has 0 aliphatic rings. The number of hydrogen-bond donors (Lipinski definition) is 2. The highest BCUT2D eigenvalue weighted by atomic mass is 16.5. The second-order valence-electron chi connectivity index (χ2n) is 3.52. The summed E-state index contributed by atoms with van der Waals surface area (Å²) >= 11 is 0. The fraction of sp³-hybridized carbons (Fsp3) is 0.308. The number of amides is 1. The second-order valence-corrected chi connectivity index (χ2v) is 3.52. The van der Waals surface area contributed by atoms with E-state index in [-0.39, 0.29) is 19.1 Å². The molecule has 0 atom stereocenters. The van der Waals surface area contributed by atoms with Crippen molar-refractivity contribution in [1.82, 2.24) is 5.32 Å². The van der Waals surface area contributed by atoms with Crippen molar-refractivity contribution in [3.63, 3.8) is 0 Å². The molecule has 2 N–H and O–H groups in total. The first-order chi connectivity index (χ1) is 8.71. The molecule has 1 amide bonds. The molecule has 98 valence electrons. The first kappa shape index (κ1) is 14.1. The molecule has 0 aliphatic heterocycles. The van der Waals surface area contributed by atoms with Gasteiger partial charge in [0.2, 0.25) is 0 Å². The quantitative estimate of drug-likeness (QED) is 0.706. The van der Waals surface area contributed by atoms with Gasteiger partial charge in [-0.05, 0) is 17.7 Å². The van der Waals surface area contributed by atoms with Gasteiger partial charge in [0, 0.05) is 6.54 Å². The largest absolute Gasteiger partial charge is 0.493 e. The minimum Gasteiger partial charge on any atom is -0.493 e. The van der Waals surface area contributed by atoms with Crippen molar-refractivity contribution in [3.05, 3.63) is 36.4 Å². The molecular weight excluding hydrogens is 234 g/mol. The van der Waals surface area contributed by atoms with Crippen LogP contribution in [0.25, 0.3) is 0 Å². The van der Waals surface area contributed by atoms with Gasteiger partial charge in [0.25, 0.3) is 5.91 Å². The molecule has 0 saturated heterocycles. The molecule has 0 fully saturated rings. The Morgan fingerprint density at radius 1 is 1.50 bits per heavy atom. The highest BCUT2D eigenvalue weighted by molar-refractivity contribution is 5.77.